The van der Waals surface area contributed by atoms with Crippen LogP contribution in [-0.2, 0) is 0 Å². The van der Waals surface area contributed by atoms with E-state index in [1.165, 1.54) is 26.5 Å². The molecule has 3 rings (SSSR count). The maximum Gasteiger partial charge on any atom is 0.125 e. The molecule has 3 heteroatoms. The van der Waals surface area contributed by atoms with Crippen LogP contribution in [0, 0.1) is 13.8 Å². The SMILES string of the molecule is Cc1cccc(C)c1N=C([Si](C)(C)c1ccccc1)[Si](C)(C)c1ccccc1. The summed E-state index contributed by atoms with van der Waals surface area (Å²) in [6.45, 7) is 14.2. The van der Waals surface area contributed by atoms with Crippen molar-refractivity contribution in [3.63, 3.8) is 0 Å². The van der Waals surface area contributed by atoms with E-state index in [0.29, 0.717) is 0 Å². The topological polar surface area (TPSA) is 12.4 Å². The molecule has 0 unspecified atom stereocenters. The number of hydrogen-bond acceptors (Lipinski definition) is 1. The van der Waals surface area contributed by atoms with Crippen LogP contribution in [0.2, 0.25) is 26.2 Å². The van der Waals surface area contributed by atoms with Gasteiger partial charge in [-0.2, -0.15) is 0 Å². The quantitative estimate of drug-likeness (QED) is 0.385. The first-order chi connectivity index (χ1) is 13.2. The largest absolute Gasteiger partial charge is 0.265 e. The van der Waals surface area contributed by atoms with Gasteiger partial charge in [-0.15, -0.1) is 0 Å². The summed E-state index contributed by atoms with van der Waals surface area (Å²) in [6.07, 6.45) is 0. The third-order valence-electron chi connectivity index (χ3n) is 5.84. The standard InChI is InChI=1S/C25H31NSi2/c1-20-14-13-15-21(2)24(20)26-25(27(3,4)22-16-9-7-10-17-22)28(5,6)23-18-11-8-12-19-23/h7-19H,1-6H3. The fourth-order valence-electron chi connectivity index (χ4n) is 4.14. The smallest absolute Gasteiger partial charge is 0.125 e. The molecule has 0 atom stereocenters. The molecule has 0 bridgehead atoms. The third kappa shape index (κ3) is 3.96. The monoisotopic (exact) mass is 401 g/mol. The van der Waals surface area contributed by atoms with E-state index in [0.717, 1.165) is 5.69 Å². The maximum atomic E-state index is 5.49. The Morgan fingerprint density at radius 3 is 1.36 bits per heavy atom. The molecule has 0 aromatic heterocycles. The highest BCUT2D eigenvalue weighted by Gasteiger charge is 2.42. The number of aliphatic imine (C=N–C) groups is 1. The highest BCUT2D eigenvalue weighted by molar-refractivity contribution is 7.40. The van der Waals surface area contributed by atoms with E-state index >= 15 is 0 Å². The van der Waals surface area contributed by atoms with Crippen LogP contribution in [0.15, 0.2) is 83.9 Å². The second-order valence-electron chi connectivity index (χ2n) is 8.68. The van der Waals surface area contributed by atoms with Gasteiger partial charge in [0, 0.05) is 0 Å². The van der Waals surface area contributed by atoms with Crippen molar-refractivity contribution in [1.29, 1.82) is 0 Å². The molecule has 0 aliphatic heterocycles. The number of rotatable bonds is 5. The van der Waals surface area contributed by atoms with E-state index < -0.39 is 16.1 Å². The number of hydrogen-bond donors (Lipinski definition) is 0. The summed E-state index contributed by atoms with van der Waals surface area (Å²) in [4.78, 5) is 6.95. The predicted octanol–water partition coefficient (Wildman–Crippen LogP) is 5.69. The zero-order valence-corrected chi connectivity index (χ0v) is 20.0. The van der Waals surface area contributed by atoms with Crippen molar-refractivity contribution in [3.8, 4) is 0 Å². The molecule has 3 aromatic carbocycles. The molecule has 144 valence electrons. The van der Waals surface area contributed by atoms with Gasteiger partial charge in [-0.05, 0) is 29.9 Å². The highest BCUT2D eigenvalue weighted by Crippen LogP contribution is 2.27. The van der Waals surface area contributed by atoms with Crippen molar-refractivity contribution >= 4 is 37.2 Å². The van der Waals surface area contributed by atoms with Gasteiger partial charge in [0.25, 0.3) is 0 Å². The van der Waals surface area contributed by atoms with Gasteiger partial charge in [0.05, 0.1) is 5.69 Å². The minimum atomic E-state index is -1.94. The summed E-state index contributed by atoms with van der Waals surface area (Å²) >= 11 is 0. The van der Waals surface area contributed by atoms with Crippen LogP contribution < -0.4 is 10.4 Å². The van der Waals surface area contributed by atoms with Gasteiger partial charge in [-0.1, -0.05) is 115 Å². The van der Waals surface area contributed by atoms with E-state index in [9.17, 15) is 0 Å². The fourth-order valence-corrected chi connectivity index (χ4v) is 14.6. The maximum absolute atomic E-state index is 5.49. The molecule has 0 spiro atoms. The molecule has 0 fully saturated rings. The van der Waals surface area contributed by atoms with Crippen molar-refractivity contribution in [2.75, 3.05) is 0 Å². The molecule has 0 aliphatic rings. The molecule has 0 radical (unpaired) electrons. The summed E-state index contributed by atoms with van der Waals surface area (Å²) in [7, 11) is -3.89. The molecule has 0 N–H and O–H groups in total. The average molecular weight is 402 g/mol. The molecule has 0 amide bonds. The van der Waals surface area contributed by atoms with Gasteiger partial charge in [0.2, 0.25) is 0 Å². The van der Waals surface area contributed by atoms with Gasteiger partial charge >= 0.3 is 0 Å². The summed E-state index contributed by atoms with van der Waals surface area (Å²) in [5.74, 6) is 0. The zero-order valence-electron chi connectivity index (χ0n) is 18.0. The summed E-state index contributed by atoms with van der Waals surface area (Å²) in [5.41, 5.74) is 3.67. The van der Waals surface area contributed by atoms with Crippen LogP contribution in [-0.4, -0.2) is 21.1 Å². The van der Waals surface area contributed by atoms with Gasteiger partial charge in [0.15, 0.2) is 0 Å². The van der Waals surface area contributed by atoms with Gasteiger partial charge in [-0.3, -0.25) is 4.99 Å². The van der Waals surface area contributed by atoms with Crippen molar-refractivity contribution < 1.29 is 0 Å². The normalized spacial score (nSPS) is 11.9. The lowest BCUT2D eigenvalue weighted by Gasteiger charge is -2.36. The number of nitrogens with zero attached hydrogens (tertiary/aromatic N) is 1. The van der Waals surface area contributed by atoms with Crippen molar-refractivity contribution in [2.24, 2.45) is 4.99 Å². The van der Waals surface area contributed by atoms with E-state index in [4.69, 9.17) is 4.99 Å². The van der Waals surface area contributed by atoms with Crippen LogP contribution in [0.5, 0.6) is 0 Å². The lowest BCUT2D eigenvalue weighted by Crippen LogP contribution is -2.64. The first-order valence-corrected chi connectivity index (χ1v) is 16.0. The molecule has 0 saturated carbocycles. The first-order valence-electron chi connectivity index (χ1n) is 10.0. The van der Waals surface area contributed by atoms with Crippen LogP contribution >= 0.6 is 0 Å². The predicted molar refractivity (Wildman–Crippen MR) is 130 cm³/mol. The molecule has 0 saturated heterocycles. The molecular formula is C25H31NSi2. The number of aryl methyl sites for hydroxylation is 2. The van der Waals surface area contributed by atoms with E-state index in [1.54, 1.807) is 0 Å². The lowest BCUT2D eigenvalue weighted by molar-refractivity contribution is 1.33. The first kappa shape index (κ1) is 20.5. The second-order valence-corrected chi connectivity index (χ2v) is 17.8. The minimum Gasteiger partial charge on any atom is -0.265 e. The van der Waals surface area contributed by atoms with Gasteiger partial charge in [-0.25, -0.2) is 0 Å². The van der Waals surface area contributed by atoms with E-state index in [2.05, 4.69) is 119 Å². The van der Waals surface area contributed by atoms with Crippen LogP contribution in [0.3, 0.4) is 0 Å². The molecule has 0 aliphatic carbocycles. The van der Waals surface area contributed by atoms with E-state index in [1.807, 2.05) is 0 Å². The highest BCUT2D eigenvalue weighted by atomic mass is 28.4. The van der Waals surface area contributed by atoms with Crippen LogP contribution in [0.25, 0.3) is 0 Å². The lowest BCUT2D eigenvalue weighted by atomic mass is 10.1. The average Bonchev–Trinajstić information content (AvgIpc) is 2.68. The van der Waals surface area contributed by atoms with Crippen molar-refractivity contribution in [3.05, 3.63) is 90.0 Å². The van der Waals surface area contributed by atoms with Gasteiger partial charge in [0.1, 0.15) is 16.1 Å². The Morgan fingerprint density at radius 2 is 0.964 bits per heavy atom. The van der Waals surface area contributed by atoms with Crippen molar-refractivity contribution in [1.82, 2.24) is 0 Å². The Morgan fingerprint density at radius 1 is 0.571 bits per heavy atom. The Kier molecular flexibility index (Phi) is 5.87. The summed E-state index contributed by atoms with van der Waals surface area (Å²) in [5, 5.41) is 2.91. The molecular weight excluding hydrogens is 370 g/mol. The molecule has 3 aromatic rings. The zero-order chi connectivity index (χ0) is 20.4. The number of para-hydroxylation sites is 1. The minimum absolute atomic E-state index is 1.16. The molecule has 1 nitrogen and oxygen atoms in total. The van der Waals surface area contributed by atoms with E-state index in [-0.39, 0.29) is 0 Å². The molecule has 0 heterocycles. The Hall–Kier alpha value is -2.24. The van der Waals surface area contributed by atoms with Crippen LogP contribution in [0.4, 0.5) is 5.69 Å². The third-order valence-corrected chi connectivity index (χ3v) is 15.7. The van der Waals surface area contributed by atoms with Gasteiger partial charge < -0.3 is 0 Å². The second kappa shape index (κ2) is 8.02. The number of benzene rings is 3. The van der Waals surface area contributed by atoms with Crippen molar-refractivity contribution in [2.45, 2.75) is 40.0 Å². The van der Waals surface area contributed by atoms with Crippen LogP contribution in [0.1, 0.15) is 11.1 Å². The Labute approximate surface area is 172 Å². The Balaban J connectivity index is 2.27. The molecule has 28 heavy (non-hydrogen) atoms. The summed E-state index contributed by atoms with van der Waals surface area (Å²) in [6, 6.07) is 28.5. The Bertz CT molecular complexity index is 900. The fraction of sp³-hybridized carbons (Fsp3) is 0.240. The summed E-state index contributed by atoms with van der Waals surface area (Å²) < 4.78 is 0.